The van der Waals surface area contributed by atoms with E-state index in [2.05, 4.69) is 20.7 Å². The molecule has 6 heteroatoms. The van der Waals surface area contributed by atoms with Crippen molar-refractivity contribution in [1.82, 2.24) is 15.0 Å². The summed E-state index contributed by atoms with van der Waals surface area (Å²) >= 11 is 5.82. The maximum Gasteiger partial charge on any atom is 0.126 e. The van der Waals surface area contributed by atoms with Crippen LogP contribution in [0.15, 0.2) is 65.9 Å². The Labute approximate surface area is 126 Å². The molecular formula is C15H12ClN5. The predicted molar refractivity (Wildman–Crippen MR) is 84.0 cm³/mol. The first kappa shape index (κ1) is 13.3. The highest BCUT2D eigenvalue weighted by molar-refractivity contribution is 6.30. The third-order valence-corrected chi connectivity index (χ3v) is 2.98. The smallest absolute Gasteiger partial charge is 0.126 e. The first-order chi connectivity index (χ1) is 10.3. The van der Waals surface area contributed by atoms with Crippen molar-refractivity contribution in [2.45, 2.75) is 0 Å². The van der Waals surface area contributed by atoms with Crippen LogP contribution in [0.1, 0.15) is 5.69 Å². The molecular weight excluding hydrogens is 286 g/mol. The van der Waals surface area contributed by atoms with Gasteiger partial charge in [0.1, 0.15) is 5.69 Å². The van der Waals surface area contributed by atoms with E-state index < -0.39 is 0 Å². The van der Waals surface area contributed by atoms with Gasteiger partial charge in [-0.1, -0.05) is 29.8 Å². The normalized spacial score (nSPS) is 10.9. The van der Waals surface area contributed by atoms with E-state index in [0.717, 1.165) is 11.4 Å². The summed E-state index contributed by atoms with van der Waals surface area (Å²) in [5.41, 5.74) is 5.33. The molecule has 0 aliphatic heterocycles. The van der Waals surface area contributed by atoms with E-state index in [1.165, 1.54) is 0 Å². The van der Waals surface area contributed by atoms with Gasteiger partial charge in [-0.05, 0) is 36.4 Å². The average molecular weight is 298 g/mol. The molecule has 0 atom stereocenters. The van der Waals surface area contributed by atoms with Crippen molar-refractivity contribution in [2.24, 2.45) is 5.10 Å². The molecule has 2 aromatic carbocycles. The van der Waals surface area contributed by atoms with Gasteiger partial charge >= 0.3 is 0 Å². The van der Waals surface area contributed by atoms with Gasteiger partial charge in [0.15, 0.2) is 0 Å². The largest absolute Gasteiger partial charge is 0.278 e. The Morgan fingerprint density at radius 1 is 1.05 bits per heavy atom. The third kappa shape index (κ3) is 3.46. The molecule has 0 saturated carbocycles. The average Bonchev–Trinajstić information content (AvgIpc) is 2.99. The van der Waals surface area contributed by atoms with E-state index in [-0.39, 0.29) is 0 Å². The molecule has 21 heavy (non-hydrogen) atoms. The summed E-state index contributed by atoms with van der Waals surface area (Å²) in [5, 5.41) is 13.3. The Morgan fingerprint density at radius 3 is 2.57 bits per heavy atom. The number of para-hydroxylation sites is 1. The van der Waals surface area contributed by atoms with Crippen LogP contribution in [0.4, 0.5) is 5.69 Å². The molecule has 0 aliphatic carbocycles. The molecule has 0 saturated heterocycles. The summed E-state index contributed by atoms with van der Waals surface area (Å²) in [6, 6.07) is 17.0. The van der Waals surface area contributed by atoms with Crippen LogP contribution in [0.5, 0.6) is 0 Å². The van der Waals surface area contributed by atoms with Crippen molar-refractivity contribution in [3.8, 4) is 5.69 Å². The van der Waals surface area contributed by atoms with E-state index in [0.29, 0.717) is 10.7 Å². The summed E-state index contributed by atoms with van der Waals surface area (Å²) in [6.07, 6.45) is 3.26. The molecule has 0 radical (unpaired) electrons. The number of hydrogen-bond donors (Lipinski definition) is 1. The quantitative estimate of drug-likeness (QED) is 0.593. The fourth-order valence-corrected chi connectivity index (χ4v) is 1.84. The lowest BCUT2D eigenvalue weighted by Crippen LogP contribution is -1.98. The standard InChI is InChI=1S/C15H12ClN5/c16-12-6-8-13(9-7-12)19-17-10-14-11-18-21(20-14)15-4-2-1-3-5-15/h1-11,19H/b17-10+. The van der Waals surface area contributed by atoms with Gasteiger partial charge in [0.2, 0.25) is 0 Å². The second-order valence-electron chi connectivity index (χ2n) is 4.27. The second-order valence-corrected chi connectivity index (χ2v) is 4.71. The minimum atomic E-state index is 0.667. The second kappa shape index (κ2) is 6.19. The van der Waals surface area contributed by atoms with E-state index in [4.69, 9.17) is 11.6 Å². The van der Waals surface area contributed by atoms with Gasteiger partial charge in [0.25, 0.3) is 0 Å². The van der Waals surface area contributed by atoms with Crippen LogP contribution in [0.25, 0.3) is 5.69 Å². The van der Waals surface area contributed by atoms with Crippen LogP contribution < -0.4 is 5.43 Å². The number of nitrogens with one attached hydrogen (secondary N) is 1. The summed E-state index contributed by atoms with van der Waals surface area (Å²) in [7, 11) is 0. The Balaban J connectivity index is 1.67. The SMILES string of the molecule is Clc1ccc(N/N=C/c2cnn(-c3ccccc3)n2)cc1. The van der Waals surface area contributed by atoms with Gasteiger partial charge in [0.05, 0.1) is 23.8 Å². The molecule has 1 heterocycles. The summed E-state index contributed by atoms with van der Waals surface area (Å²) < 4.78 is 0. The van der Waals surface area contributed by atoms with Crippen LogP contribution in [-0.4, -0.2) is 21.2 Å². The monoisotopic (exact) mass is 297 g/mol. The number of nitrogens with zero attached hydrogens (tertiary/aromatic N) is 4. The highest BCUT2D eigenvalue weighted by Gasteiger charge is 1.99. The van der Waals surface area contributed by atoms with Crippen molar-refractivity contribution in [2.75, 3.05) is 5.43 Å². The fourth-order valence-electron chi connectivity index (χ4n) is 1.72. The van der Waals surface area contributed by atoms with Crippen molar-refractivity contribution >= 4 is 23.5 Å². The minimum Gasteiger partial charge on any atom is -0.278 e. The summed E-state index contributed by atoms with van der Waals surface area (Å²) in [6.45, 7) is 0. The molecule has 0 bridgehead atoms. The molecule has 1 N–H and O–H groups in total. The van der Waals surface area contributed by atoms with Crippen molar-refractivity contribution in [3.05, 3.63) is 71.5 Å². The number of aromatic nitrogens is 3. The lowest BCUT2D eigenvalue weighted by atomic mass is 10.3. The number of rotatable bonds is 4. The zero-order valence-electron chi connectivity index (χ0n) is 11.0. The molecule has 0 unspecified atom stereocenters. The molecule has 3 aromatic rings. The zero-order chi connectivity index (χ0) is 14.5. The number of halogens is 1. The molecule has 1 aromatic heterocycles. The highest BCUT2D eigenvalue weighted by atomic mass is 35.5. The molecule has 0 spiro atoms. The van der Waals surface area contributed by atoms with Crippen molar-refractivity contribution < 1.29 is 0 Å². The first-order valence-corrected chi connectivity index (χ1v) is 6.71. The molecule has 104 valence electrons. The van der Waals surface area contributed by atoms with Crippen molar-refractivity contribution in [3.63, 3.8) is 0 Å². The van der Waals surface area contributed by atoms with E-state index in [1.807, 2.05) is 42.5 Å². The summed E-state index contributed by atoms with van der Waals surface area (Å²) in [5.74, 6) is 0. The van der Waals surface area contributed by atoms with Gasteiger partial charge < -0.3 is 0 Å². The van der Waals surface area contributed by atoms with Gasteiger partial charge in [-0.3, -0.25) is 5.43 Å². The molecule has 3 rings (SSSR count). The Bertz CT molecular complexity index is 734. The lowest BCUT2D eigenvalue weighted by molar-refractivity contribution is 0.751. The summed E-state index contributed by atoms with van der Waals surface area (Å²) in [4.78, 5) is 1.56. The first-order valence-electron chi connectivity index (χ1n) is 6.34. The van der Waals surface area contributed by atoms with Gasteiger partial charge in [-0.15, -0.1) is 5.10 Å². The fraction of sp³-hybridized carbons (Fsp3) is 0. The molecule has 0 amide bonds. The molecule has 0 aliphatic rings. The molecule has 5 nitrogen and oxygen atoms in total. The van der Waals surface area contributed by atoms with Crippen LogP contribution in [-0.2, 0) is 0 Å². The topological polar surface area (TPSA) is 55.1 Å². The van der Waals surface area contributed by atoms with E-state index >= 15 is 0 Å². The van der Waals surface area contributed by atoms with E-state index in [9.17, 15) is 0 Å². The maximum absolute atomic E-state index is 5.82. The van der Waals surface area contributed by atoms with Crippen LogP contribution >= 0.6 is 11.6 Å². The van der Waals surface area contributed by atoms with Crippen molar-refractivity contribution in [1.29, 1.82) is 0 Å². The third-order valence-electron chi connectivity index (χ3n) is 2.73. The van der Waals surface area contributed by atoms with E-state index in [1.54, 1.807) is 29.3 Å². The maximum atomic E-state index is 5.82. The van der Waals surface area contributed by atoms with Crippen LogP contribution in [0, 0.1) is 0 Å². The van der Waals surface area contributed by atoms with Gasteiger partial charge in [-0.2, -0.15) is 15.0 Å². The number of hydrogen-bond acceptors (Lipinski definition) is 4. The van der Waals surface area contributed by atoms with Gasteiger partial charge in [0, 0.05) is 5.02 Å². The predicted octanol–water partition coefficient (Wildman–Crippen LogP) is 3.37. The Hall–Kier alpha value is -2.66. The number of hydrazone groups is 1. The number of benzene rings is 2. The number of anilines is 1. The molecule has 0 fully saturated rings. The lowest BCUT2D eigenvalue weighted by Gasteiger charge is -1.98. The van der Waals surface area contributed by atoms with Crippen LogP contribution in [0.2, 0.25) is 5.02 Å². The Kier molecular flexibility index (Phi) is 3.93. The minimum absolute atomic E-state index is 0.667. The van der Waals surface area contributed by atoms with Gasteiger partial charge in [-0.25, -0.2) is 0 Å². The zero-order valence-corrected chi connectivity index (χ0v) is 11.8. The highest BCUT2D eigenvalue weighted by Crippen LogP contribution is 2.13. The van der Waals surface area contributed by atoms with Crippen LogP contribution in [0.3, 0.4) is 0 Å². The Morgan fingerprint density at radius 2 is 1.81 bits per heavy atom.